The van der Waals surface area contributed by atoms with Crippen LogP contribution in [0.3, 0.4) is 0 Å². The molecule has 0 amide bonds. The summed E-state index contributed by atoms with van der Waals surface area (Å²) in [6, 6.07) is 15.9. The maximum absolute atomic E-state index is 12.9. The van der Waals surface area contributed by atoms with Gasteiger partial charge in [-0.15, -0.1) is 0 Å². The van der Waals surface area contributed by atoms with Gasteiger partial charge in [-0.3, -0.25) is 0 Å². The van der Waals surface area contributed by atoms with E-state index in [-0.39, 0.29) is 11.5 Å². The molecule has 0 fully saturated rings. The topological polar surface area (TPSA) is 76.9 Å². The number of allylic oxidation sites excluding steroid dienone is 1. The zero-order valence-corrected chi connectivity index (χ0v) is 15.2. The summed E-state index contributed by atoms with van der Waals surface area (Å²) in [5, 5.41) is 14.2. The highest BCUT2D eigenvalue weighted by Gasteiger charge is 2.37. The van der Waals surface area contributed by atoms with Crippen LogP contribution >= 0.6 is 0 Å². The predicted octanol–water partition coefficient (Wildman–Crippen LogP) is 4.42. The van der Waals surface area contributed by atoms with Crippen LogP contribution in [0.5, 0.6) is 5.88 Å². The van der Waals surface area contributed by atoms with Crippen LogP contribution in [0, 0.1) is 18.3 Å². The van der Waals surface area contributed by atoms with E-state index < -0.39 is 17.7 Å². The van der Waals surface area contributed by atoms with Crippen LogP contribution in [0.25, 0.3) is 5.69 Å². The largest absolute Gasteiger partial charge is 0.422 e. The van der Waals surface area contributed by atoms with Gasteiger partial charge in [0.05, 0.1) is 28.4 Å². The lowest BCUT2D eigenvalue weighted by Crippen LogP contribution is -2.22. The number of aromatic nitrogens is 2. The molecule has 2 heterocycles. The van der Waals surface area contributed by atoms with E-state index in [1.54, 1.807) is 11.6 Å². The number of aryl methyl sites for hydroxylation is 1. The van der Waals surface area contributed by atoms with Gasteiger partial charge in [-0.25, -0.2) is 4.68 Å². The zero-order valence-electron chi connectivity index (χ0n) is 15.2. The van der Waals surface area contributed by atoms with Crippen molar-refractivity contribution >= 4 is 0 Å². The minimum atomic E-state index is -4.44. The summed E-state index contributed by atoms with van der Waals surface area (Å²) >= 11 is 0. The average molecular weight is 396 g/mol. The van der Waals surface area contributed by atoms with Crippen LogP contribution in [0.1, 0.15) is 28.3 Å². The molecule has 1 aliphatic heterocycles. The average Bonchev–Trinajstić information content (AvgIpc) is 3.03. The molecular formula is C21H15F3N4O. The van der Waals surface area contributed by atoms with Crippen molar-refractivity contribution in [3.8, 4) is 17.6 Å². The summed E-state index contributed by atoms with van der Waals surface area (Å²) in [6.45, 7) is 1.76. The zero-order chi connectivity index (χ0) is 20.8. The van der Waals surface area contributed by atoms with Gasteiger partial charge in [0.15, 0.2) is 0 Å². The molecule has 1 aliphatic rings. The van der Waals surface area contributed by atoms with E-state index >= 15 is 0 Å². The van der Waals surface area contributed by atoms with Gasteiger partial charge in [0.1, 0.15) is 11.6 Å². The number of alkyl halides is 3. The fourth-order valence-corrected chi connectivity index (χ4v) is 3.46. The fourth-order valence-electron chi connectivity index (χ4n) is 3.46. The lowest BCUT2D eigenvalue weighted by molar-refractivity contribution is -0.137. The number of ether oxygens (including phenoxy) is 1. The lowest BCUT2D eigenvalue weighted by Gasteiger charge is -2.25. The Morgan fingerprint density at radius 1 is 1.10 bits per heavy atom. The smallest absolute Gasteiger partial charge is 0.416 e. The number of rotatable bonds is 2. The normalized spacial score (nSPS) is 16.2. The van der Waals surface area contributed by atoms with Crippen molar-refractivity contribution < 1.29 is 17.9 Å². The van der Waals surface area contributed by atoms with E-state index in [4.69, 9.17) is 10.5 Å². The maximum Gasteiger partial charge on any atom is 0.416 e. The first-order chi connectivity index (χ1) is 13.8. The van der Waals surface area contributed by atoms with E-state index in [0.29, 0.717) is 22.7 Å². The Balaban J connectivity index is 1.89. The van der Waals surface area contributed by atoms with Crippen LogP contribution in [0.15, 0.2) is 66.1 Å². The molecule has 2 N–H and O–H groups in total. The van der Waals surface area contributed by atoms with Crippen LogP contribution in [-0.4, -0.2) is 9.78 Å². The number of fused-ring (bicyclic) bond motifs is 1. The number of para-hydroxylation sites is 1. The standard InChI is InChI=1S/C21H15F3N4O/c1-12-17-18(13-7-9-14(10-8-13)21(22,23)24)16(11-25)19(26)29-20(17)28(27-12)15-5-3-2-4-6-15/h2-10,18H,26H2,1H3/t18-/m0/s1. The van der Waals surface area contributed by atoms with Crippen molar-refractivity contribution in [2.45, 2.75) is 19.0 Å². The molecule has 3 aromatic rings. The Morgan fingerprint density at radius 2 is 1.76 bits per heavy atom. The van der Waals surface area contributed by atoms with Crippen molar-refractivity contribution in [1.29, 1.82) is 5.26 Å². The highest BCUT2D eigenvalue weighted by Crippen LogP contribution is 2.45. The third-order valence-corrected chi connectivity index (χ3v) is 4.80. The molecule has 5 nitrogen and oxygen atoms in total. The molecule has 0 saturated carbocycles. The Morgan fingerprint density at radius 3 is 2.34 bits per heavy atom. The maximum atomic E-state index is 12.9. The Hall–Kier alpha value is -3.73. The second kappa shape index (κ2) is 6.71. The van der Waals surface area contributed by atoms with Crippen molar-refractivity contribution in [2.75, 3.05) is 0 Å². The second-order valence-electron chi connectivity index (χ2n) is 6.60. The molecule has 0 unspecified atom stereocenters. The molecule has 4 rings (SSSR count). The number of hydrogen-bond acceptors (Lipinski definition) is 4. The van der Waals surface area contributed by atoms with Crippen molar-refractivity contribution in [2.24, 2.45) is 5.73 Å². The molecule has 0 aliphatic carbocycles. The summed E-state index contributed by atoms with van der Waals surface area (Å²) in [4.78, 5) is 0. The Bertz CT molecular complexity index is 1140. The van der Waals surface area contributed by atoms with E-state index in [9.17, 15) is 18.4 Å². The first-order valence-corrected chi connectivity index (χ1v) is 8.71. The fraction of sp³-hybridized carbons (Fsp3) is 0.143. The van der Waals surface area contributed by atoms with Gasteiger partial charge < -0.3 is 10.5 Å². The van der Waals surface area contributed by atoms with Crippen LogP contribution in [0.2, 0.25) is 0 Å². The van der Waals surface area contributed by atoms with Crippen molar-refractivity contribution in [3.05, 3.63) is 88.4 Å². The number of benzene rings is 2. The molecule has 8 heteroatoms. The number of nitrogens with zero attached hydrogens (tertiary/aromatic N) is 3. The summed E-state index contributed by atoms with van der Waals surface area (Å²) in [5.74, 6) is -0.430. The van der Waals surface area contributed by atoms with E-state index in [1.807, 2.05) is 36.4 Å². The number of halogens is 3. The number of nitrogens with two attached hydrogens (primary N) is 1. The Kier molecular flexibility index (Phi) is 4.31. The third kappa shape index (κ3) is 3.10. The molecular weight excluding hydrogens is 381 g/mol. The number of hydrogen-bond donors (Lipinski definition) is 1. The summed E-state index contributed by atoms with van der Waals surface area (Å²) in [7, 11) is 0. The minimum absolute atomic E-state index is 0.0954. The van der Waals surface area contributed by atoms with E-state index in [0.717, 1.165) is 17.8 Å². The van der Waals surface area contributed by atoms with Crippen molar-refractivity contribution in [3.63, 3.8) is 0 Å². The van der Waals surface area contributed by atoms with Gasteiger partial charge in [0, 0.05) is 0 Å². The summed E-state index contributed by atoms with van der Waals surface area (Å²) in [5.41, 5.74) is 7.79. The van der Waals surface area contributed by atoms with E-state index in [1.165, 1.54) is 12.1 Å². The van der Waals surface area contributed by atoms with Crippen LogP contribution in [-0.2, 0) is 6.18 Å². The highest BCUT2D eigenvalue weighted by atomic mass is 19.4. The Labute approximate surface area is 164 Å². The first-order valence-electron chi connectivity index (χ1n) is 8.71. The van der Waals surface area contributed by atoms with Gasteiger partial charge in [-0.05, 0) is 36.8 Å². The van der Waals surface area contributed by atoms with Gasteiger partial charge in [-0.1, -0.05) is 30.3 Å². The lowest BCUT2D eigenvalue weighted by atomic mass is 9.84. The third-order valence-electron chi connectivity index (χ3n) is 4.80. The summed E-state index contributed by atoms with van der Waals surface area (Å²) in [6.07, 6.45) is -4.44. The van der Waals surface area contributed by atoms with Crippen molar-refractivity contribution in [1.82, 2.24) is 9.78 Å². The van der Waals surface area contributed by atoms with Crippen LogP contribution < -0.4 is 10.5 Å². The molecule has 0 radical (unpaired) electrons. The molecule has 146 valence electrons. The first kappa shape index (κ1) is 18.6. The molecule has 0 bridgehead atoms. The van der Waals surface area contributed by atoms with Crippen LogP contribution in [0.4, 0.5) is 13.2 Å². The number of nitriles is 1. The summed E-state index contributed by atoms with van der Waals surface area (Å²) < 4.78 is 46.1. The molecule has 1 atom stereocenters. The van der Waals surface area contributed by atoms with Gasteiger partial charge in [0.2, 0.25) is 11.8 Å². The quantitative estimate of drug-likeness (QED) is 0.696. The molecule has 0 saturated heterocycles. The predicted molar refractivity (Wildman–Crippen MR) is 99.0 cm³/mol. The SMILES string of the molecule is Cc1nn(-c2ccccc2)c2c1[C@@H](c1ccc(C(F)(F)F)cc1)C(C#N)=C(N)O2. The van der Waals surface area contributed by atoms with Gasteiger partial charge in [0.25, 0.3) is 0 Å². The highest BCUT2D eigenvalue weighted by molar-refractivity contribution is 5.57. The van der Waals surface area contributed by atoms with Gasteiger partial charge >= 0.3 is 6.18 Å². The molecule has 2 aromatic carbocycles. The second-order valence-corrected chi connectivity index (χ2v) is 6.60. The molecule has 1 aromatic heterocycles. The van der Waals surface area contributed by atoms with E-state index in [2.05, 4.69) is 5.10 Å². The molecule has 29 heavy (non-hydrogen) atoms. The minimum Gasteiger partial charge on any atom is -0.422 e. The van der Waals surface area contributed by atoms with Gasteiger partial charge in [-0.2, -0.15) is 23.5 Å². The monoisotopic (exact) mass is 396 g/mol. The molecule has 0 spiro atoms.